The standard InChI is InChI=1S/C13H24N2/c1-8-9(2)10(3)13(15-7)11(4)12(5)14-6/h14H,8H2,1-7H3/b10-9+,12-11?,15-13?. The van der Waals surface area contributed by atoms with Crippen molar-refractivity contribution in [1.29, 1.82) is 0 Å². The van der Waals surface area contributed by atoms with Crippen LogP contribution in [0.25, 0.3) is 0 Å². The van der Waals surface area contributed by atoms with Crippen LogP contribution in [0.4, 0.5) is 0 Å². The van der Waals surface area contributed by atoms with Crippen LogP contribution in [0, 0.1) is 0 Å². The second-order valence-corrected chi connectivity index (χ2v) is 3.83. The van der Waals surface area contributed by atoms with Crippen LogP contribution in [-0.2, 0) is 0 Å². The molecule has 0 amide bonds. The van der Waals surface area contributed by atoms with Gasteiger partial charge in [0.25, 0.3) is 0 Å². The fraction of sp³-hybridized carbons (Fsp3) is 0.615. The molecule has 0 rings (SSSR count). The molecule has 0 radical (unpaired) electrons. The third-order valence-electron chi connectivity index (χ3n) is 3.04. The summed E-state index contributed by atoms with van der Waals surface area (Å²) < 4.78 is 0. The second-order valence-electron chi connectivity index (χ2n) is 3.83. The number of hydrogen-bond acceptors (Lipinski definition) is 2. The summed E-state index contributed by atoms with van der Waals surface area (Å²) in [5, 5.41) is 3.17. The van der Waals surface area contributed by atoms with E-state index in [0.29, 0.717) is 0 Å². The fourth-order valence-corrected chi connectivity index (χ4v) is 1.45. The summed E-state index contributed by atoms with van der Waals surface area (Å²) >= 11 is 0. The Morgan fingerprint density at radius 3 is 1.93 bits per heavy atom. The minimum absolute atomic E-state index is 1.08. The molecule has 0 aromatic rings. The molecule has 0 aliphatic heterocycles. The van der Waals surface area contributed by atoms with Crippen molar-refractivity contribution < 1.29 is 0 Å². The van der Waals surface area contributed by atoms with Gasteiger partial charge in [-0.2, -0.15) is 0 Å². The molecular weight excluding hydrogens is 184 g/mol. The van der Waals surface area contributed by atoms with Gasteiger partial charge in [0.05, 0.1) is 5.71 Å². The first-order valence-electron chi connectivity index (χ1n) is 5.48. The largest absolute Gasteiger partial charge is 0.391 e. The van der Waals surface area contributed by atoms with Gasteiger partial charge >= 0.3 is 0 Å². The maximum Gasteiger partial charge on any atom is 0.0645 e. The summed E-state index contributed by atoms with van der Waals surface area (Å²) in [6, 6.07) is 0. The molecule has 0 bridgehead atoms. The first-order valence-corrected chi connectivity index (χ1v) is 5.48. The van der Waals surface area contributed by atoms with E-state index in [0.717, 1.165) is 12.1 Å². The normalized spacial score (nSPS) is 15.8. The zero-order chi connectivity index (χ0) is 12.0. The number of rotatable bonds is 4. The van der Waals surface area contributed by atoms with Crippen molar-refractivity contribution in [3.8, 4) is 0 Å². The van der Waals surface area contributed by atoms with Gasteiger partial charge < -0.3 is 5.32 Å². The zero-order valence-corrected chi connectivity index (χ0v) is 11.2. The quantitative estimate of drug-likeness (QED) is 0.704. The van der Waals surface area contributed by atoms with Gasteiger partial charge in [0, 0.05) is 19.8 Å². The lowest BCUT2D eigenvalue weighted by Crippen LogP contribution is -2.12. The lowest BCUT2D eigenvalue weighted by atomic mass is 9.98. The van der Waals surface area contributed by atoms with E-state index >= 15 is 0 Å². The molecule has 0 saturated carbocycles. The third kappa shape index (κ3) is 3.54. The molecular formula is C13H24N2. The lowest BCUT2D eigenvalue weighted by Gasteiger charge is -2.13. The summed E-state index contributed by atoms with van der Waals surface area (Å²) in [5.41, 5.74) is 6.22. The van der Waals surface area contributed by atoms with Crippen LogP contribution in [0.15, 0.2) is 27.4 Å². The van der Waals surface area contributed by atoms with Crippen LogP contribution < -0.4 is 5.32 Å². The van der Waals surface area contributed by atoms with Gasteiger partial charge in [-0.25, -0.2) is 0 Å². The molecule has 0 heterocycles. The molecule has 0 aromatic heterocycles. The maximum absolute atomic E-state index is 4.39. The Labute approximate surface area is 94.2 Å². The van der Waals surface area contributed by atoms with Gasteiger partial charge in [0.15, 0.2) is 0 Å². The highest BCUT2D eigenvalue weighted by molar-refractivity contribution is 6.12. The minimum atomic E-state index is 1.08. The SMILES string of the molecule is CC/C(C)=C(\C)C(=NC)C(C)=C(C)NC. The Bertz CT molecular complexity index is 278. The highest BCUT2D eigenvalue weighted by Gasteiger charge is 2.08. The van der Waals surface area contributed by atoms with Gasteiger partial charge in [0.1, 0.15) is 0 Å². The molecule has 0 spiro atoms. The first-order chi connectivity index (χ1) is 6.99. The maximum atomic E-state index is 4.39. The number of nitrogens with zero attached hydrogens (tertiary/aromatic N) is 1. The van der Waals surface area contributed by atoms with E-state index in [-0.39, 0.29) is 0 Å². The molecule has 0 atom stereocenters. The molecule has 0 aromatic carbocycles. The van der Waals surface area contributed by atoms with Gasteiger partial charge in [0.2, 0.25) is 0 Å². The van der Waals surface area contributed by atoms with E-state index in [4.69, 9.17) is 0 Å². The van der Waals surface area contributed by atoms with Gasteiger partial charge in [-0.05, 0) is 45.3 Å². The Hall–Kier alpha value is -1.05. The lowest BCUT2D eigenvalue weighted by molar-refractivity contribution is 0.971. The van der Waals surface area contributed by atoms with Gasteiger partial charge in [-0.15, -0.1) is 0 Å². The second kappa shape index (κ2) is 6.44. The van der Waals surface area contributed by atoms with Gasteiger partial charge in [-0.3, -0.25) is 4.99 Å². The smallest absolute Gasteiger partial charge is 0.0645 e. The zero-order valence-electron chi connectivity index (χ0n) is 11.2. The van der Waals surface area contributed by atoms with Crippen LogP contribution >= 0.6 is 0 Å². The number of nitrogens with one attached hydrogen (secondary N) is 1. The Balaban J connectivity index is 5.32. The summed E-state index contributed by atoms with van der Waals surface area (Å²) in [4.78, 5) is 4.39. The van der Waals surface area contributed by atoms with Crippen LogP contribution in [0.5, 0.6) is 0 Å². The Morgan fingerprint density at radius 2 is 1.60 bits per heavy atom. The van der Waals surface area contributed by atoms with Crippen LogP contribution in [0.2, 0.25) is 0 Å². The molecule has 15 heavy (non-hydrogen) atoms. The highest BCUT2D eigenvalue weighted by Crippen LogP contribution is 2.15. The molecule has 2 heteroatoms. The molecule has 0 fully saturated rings. The fourth-order valence-electron chi connectivity index (χ4n) is 1.45. The van der Waals surface area contributed by atoms with E-state index in [2.05, 4.69) is 44.9 Å². The van der Waals surface area contributed by atoms with Crippen molar-refractivity contribution in [2.45, 2.75) is 41.0 Å². The van der Waals surface area contributed by atoms with Crippen molar-refractivity contribution in [3.63, 3.8) is 0 Å². The molecule has 0 aliphatic rings. The summed E-state index contributed by atoms with van der Waals surface area (Å²) in [7, 11) is 3.80. The van der Waals surface area contributed by atoms with Crippen molar-refractivity contribution in [3.05, 3.63) is 22.4 Å². The van der Waals surface area contributed by atoms with E-state index in [9.17, 15) is 0 Å². The predicted molar refractivity (Wildman–Crippen MR) is 69.5 cm³/mol. The first kappa shape index (κ1) is 13.9. The Morgan fingerprint density at radius 1 is 1.07 bits per heavy atom. The molecule has 2 nitrogen and oxygen atoms in total. The van der Waals surface area contributed by atoms with Gasteiger partial charge in [-0.1, -0.05) is 12.5 Å². The number of allylic oxidation sites excluding steroid dienone is 4. The van der Waals surface area contributed by atoms with E-state index < -0.39 is 0 Å². The molecule has 86 valence electrons. The van der Waals surface area contributed by atoms with Crippen molar-refractivity contribution in [2.75, 3.05) is 14.1 Å². The highest BCUT2D eigenvalue weighted by atomic mass is 14.8. The minimum Gasteiger partial charge on any atom is -0.391 e. The summed E-state index contributed by atoms with van der Waals surface area (Å²) in [6.45, 7) is 10.7. The predicted octanol–water partition coefficient (Wildman–Crippen LogP) is 3.32. The van der Waals surface area contributed by atoms with Crippen LogP contribution in [-0.4, -0.2) is 19.8 Å². The molecule has 0 aliphatic carbocycles. The number of aliphatic imine (C=N–C) groups is 1. The summed E-state index contributed by atoms with van der Waals surface area (Å²) in [5.74, 6) is 0. The number of hydrogen-bond donors (Lipinski definition) is 1. The summed E-state index contributed by atoms with van der Waals surface area (Å²) in [6.07, 6.45) is 1.08. The molecule has 1 N–H and O–H groups in total. The molecule has 0 saturated heterocycles. The Kier molecular flexibility index (Phi) is 5.99. The van der Waals surface area contributed by atoms with Crippen molar-refractivity contribution in [2.24, 2.45) is 4.99 Å². The van der Waals surface area contributed by atoms with E-state index in [1.54, 1.807) is 0 Å². The third-order valence-corrected chi connectivity index (χ3v) is 3.04. The monoisotopic (exact) mass is 208 g/mol. The molecule has 0 unspecified atom stereocenters. The topological polar surface area (TPSA) is 24.4 Å². The van der Waals surface area contributed by atoms with E-state index in [1.165, 1.54) is 22.4 Å². The van der Waals surface area contributed by atoms with Crippen LogP contribution in [0.1, 0.15) is 41.0 Å². The van der Waals surface area contributed by atoms with Crippen molar-refractivity contribution >= 4 is 5.71 Å². The van der Waals surface area contributed by atoms with E-state index in [1.807, 2.05) is 14.1 Å². The van der Waals surface area contributed by atoms with Crippen LogP contribution in [0.3, 0.4) is 0 Å². The van der Waals surface area contributed by atoms with Crippen molar-refractivity contribution in [1.82, 2.24) is 5.32 Å². The average molecular weight is 208 g/mol. The average Bonchev–Trinajstić information content (AvgIpc) is 2.27.